The zero-order valence-corrected chi connectivity index (χ0v) is 24.0. The van der Waals surface area contributed by atoms with Crippen LogP contribution >= 0.6 is 0 Å². The fourth-order valence-corrected chi connectivity index (χ4v) is 5.50. The highest BCUT2D eigenvalue weighted by Gasteiger charge is 2.39. The zero-order valence-electron chi connectivity index (χ0n) is 24.0. The van der Waals surface area contributed by atoms with Gasteiger partial charge in [-0.05, 0) is 35.9 Å². The highest BCUT2D eigenvalue weighted by molar-refractivity contribution is 6.15. The summed E-state index contributed by atoms with van der Waals surface area (Å²) in [6.45, 7) is 0.465. The summed E-state index contributed by atoms with van der Waals surface area (Å²) in [5.41, 5.74) is 3.58. The molecule has 0 bridgehead atoms. The van der Waals surface area contributed by atoms with E-state index in [1.54, 1.807) is 30.3 Å². The number of ether oxygens (including phenoxy) is 6. The largest absolute Gasteiger partial charge is 0.496 e. The van der Waals surface area contributed by atoms with Crippen molar-refractivity contribution in [2.45, 2.75) is 18.8 Å². The number of carbonyl (C=O) groups excluding carboxylic acids is 2. The molecule has 0 unspecified atom stereocenters. The zero-order chi connectivity index (χ0) is 29.9. The van der Waals surface area contributed by atoms with E-state index >= 15 is 0 Å². The summed E-state index contributed by atoms with van der Waals surface area (Å²) in [5.74, 6) is 1.84. The standard InChI is InChI=1S/C35H30O8/c1-38-28-20-30(40-3)29(39-2)17-22(28)18-31-34(37)24-13-14-27-33(35(24)43-31)25(19-32(36)42-27)23-11-7-8-12-26(23)41-16-15-21-9-5-4-6-10-21/h4-14,17-18,20,25H,15-16,19H2,1-3H3/b31-18-/t25-/m1/s1. The first-order chi connectivity index (χ1) is 21.0. The summed E-state index contributed by atoms with van der Waals surface area (Å²) in [7, 11) is 4.60. The third-order valence-corrected chi connectivity index (χ3v) is 7.59. The number of ketones is 1. The Kier molecular flexibility index (Phi) is 7.75. The Morgan fingerprint density at radius 1 is 0.791 bits per heavy atom. The molecule has 43 heavy (non-hydrogen) atoms. The van der Waals surface area contributed by atoms with E-state index in [9.17, 15) is 9.59 Å². The number of hydrogen-bond donors (Lipinski definition) is 0. The first kappa shape index (κ1) is 27.9. The maximum Gasteiger partial charge on any atom is 0.312 e. The van der Waals surface area contributed by atoms with Crippen LogP contribution in [0.25, 0.3) is 6.08 Å². The van der Waals surface area contributed by atoms with Crippen LogP contribution in [0.4, 0.5) is 0 Å². The van der Waals surface area contributed by atoms with Crippen LogP contribution < -0.4 is 28.4 Å². The molecule has 4 aromatic rings. The van der Waals surface area contributed by atoms with Gasteiger partial charge in [-0.25, -0.2) is 0 Å². The van der Waals surface area contributed by atoms with Crippen LogP contribution in [-0.4, -0.2) is 39.7 Å². The molecule has 0 aromatic heterocycles. The first-order valence-corrected chi connectivity index (χ1v) is 13.9. The van der Waals surface area contributed by atoms with Crippen molar-refractivity contribution in [1.29, 1.82) is 0 Å². The summed E-state index contributed by atoms with van der Waals surface area (Å²) in [5, 5.41) is 0. The molecule has 0 saturated carbocycles. The fraction of sp³-hybridized carbons (Fsp3) is 0.200. The summed E-state index contributed by atoms with van der Waals surface area (Å²) < 4.78 is 34.5. The smallest absolute Gasteiger partial charge is 0.312 e. The van der Waals surface area contributed by atoms with Gasteiger partial charge < -0.3 is 28.4 Å². The van der Waals surface area contributed by atoms with Crippen LogP contribution in [0.2, 0.25) is 0 Å². The summed E-state index contributed by atoms with van der Waals surface area (Å²) >= 11 is 0. The van der Waals surface area contributed by atoms with Crippen LogP contribution in [0.3, 0.4) is 0 Å². The normalized spacial score (nSPS) is 16.2. The van der Waals surface area contributed by atoms with Gasteiger partial charge in [0.2, 0.25) is 5.78 Å². The molecule has 8 heteroatoms. The Labute approximate surface area is 249 Å². The van der Waals surface area contributed by atoms with Crippen LogP contribution in [0.15, 0.2) is 84.6 Å². The SMILES string of the molecule is COc1cc(OC)c(OC)cc1/C=C1\Oc2c(ccc3c2[C@@H](c2ccccc2OCCc2ccccc2)CC(=O)O3)C1=O. The van der Waals surface area contributed by atoms with Gasteiger partial charge in [0.15, 0.2) is 17.3 Å². The van der Waals surface area contributed by atoms with E-state index < -0.39 is 5.92 Å². The van der Waals surface area contributed by atoms with Gasteiger partial charge in [-0.15, -0.1) is 0 Å². The number of esters is 1. The van der Waals surface area contributed by atoms with E-state index in [0.717, 1.165) is 12.0 Å². The molecule has 0 radical (unpaired) electrons. The third kappa shape index (κ3) is 5.39. The number of Topliss-reactive ketones (excluding diaryl/α,β-unsaturated/α-hetero) is 1. The molecule has 0 fully saturated rings. The molecule has 2 aliphatic heterocycles. The van der Waals surface area contributed by atoms with E-state index in [2.05, 4.69) is 12.1 Å². The molecule has 0 N–H and O–H groups in total. The molecule has 4 aromatic carbocycles. The Morgan fingerprint density at radius 3 is 2.28 bits per heavy atom. The van der Waals surface area contributed by atoms with E-state index in [1.807, 2.05) is 42.5 Å². The molecule has 6 rings (SSSR count). The van der Waals surface area contributed by atoms with Crippen LogP contribution in [0.5, 0.6) is 34.5 Å². The summed E-state index contributed by atoms with van der Waals surface area (Å²) in [6.07, 6.45) is 2.42. The van der Waals surface area contributed by atoms with E-state index in [0.29, 0.717) is 57.8 Å². The van der Waals surface area contributed by atoms with Crippen molar-refractivity contribution in [2.24, 2.45) is 0 Å². The molecular weight excluding hydrogens is 548 g/mol. The second-order valence-electron chi connectivity index (χ2n) is 10.1. The molecule has 8 nitrogen and oxygen atoms in total. The number of hydrogen-bond acceptors (Lipinski definition) is 8. The van der Waals surface area contributed by atoms with Gasteiger partial charge >= 0.3 is 5.97 Å². The van der Waals surface area contributed by atoms with Gasteiger partial charge in [0.25, 0.3) is 0 Å². The Balaban J connectivity index is 1.36. The lowest BCUT2D eigenvalue weighted by Gasteiger charge is -2.27. The van der Waals surface area contributed by atoms with E-state index in [1.165, 1.54) is 26.9 Å². The molecule has 2 heterocycles. The Bertz CT molecular complexity index is 1720. The minimum Gasteiger partial charge on any atom is -0.496 e. The fourth-order valence-electron chi connectivity index (χ4n) is 5.50. The van der Waals surface area contributed by atoms with Crippen molar-refractivity contribution in [3.8, 4) is 34.5 Å². The monoisotopic (exact) mass is 578 g/mol. The van der Waals surface area contributed by atoms with Crippen LogP contribution in [0, 0.1) is 0 Å². The summed E-state index contributed by atoms with van der Waals surface area (Å²) in [6, 6.07) is 24.4. The molecule has 1 atom stereocenters. The van der Waals surface area contributed by atoms with Crippen molar-refractivity contribution < 1.29 is 38.0 Å². The minimum absolute atomic E-state index is 0.0720. The topological polar surface area (TPSA) is 89.5 Å². The molecule has 218 valence electrons. The minimum atomic E-state index is -0.443. The van der Waals surface area contributed by atoms with Crippen molar-refractivity contribution >= 4 is 17.8 Å². The average molecular weight is 579 g/mol. The van der Waals surface area contributed by atoms with Gasteiger partial charge in [-0.3, -0.25) is 9.59 Å². The predicted octanol–water partition coefficient (Wildman–Crippen LogP) is 6.39. The van der Waals surface area contributed by atoms with E-state index in [4.69, 9.17) is 28.4 Å². The highest BCUT2D eigenvalue weighted by atomic mass is 16.5. The quantitative estimate of drug-likeness (QED) is 0.128. The average Bonchev–Trinajstić information content (AvgIpc) is 3.35. The molecule has 0 aliphatic carbocycles. The second-order valence-corrected chi connectivity index (χ2v) is 10.1. The lowest BCUT2D eigenvalue weighted by molar-refractivity contribution is -0.135. The number of fused-ring (bicyclic) bond motifs is 3. The van der Waals surface area contributed by atoms with Gasteiger partial charge in [0, 0.05) is 35.1 Å². The van der Waals surface area contributed by atoms with Crippen molar-refractivity contribution in [1.82, 2.24) is 0 Å². The van der Waals surface area contributed by atoms with Crippen molar-refractivity contribution in [3.05, 3.63) is 112 Å². The molecule has 0 spiro atoms. The van der Waals surface area contributed by atoms with E-state index in [-0.39, 0.29) is 23.9 Å². The summed E-state index contributed by atoms with van der Waals surface area (Å²) in [4.78, 5) is 26.3. The lowest BCUT2D eigenvalue weighted by Crippen LogP contribution is -2.22. The number of methoxy groups -OCH3 is 3. The van der Waals surface area contributed by atoms with Crippen molar-refractivity contribution in [2.75, 3.05) is 27.9 Å². The number of benzene rings is 4. The number of rotatable bonds is 9. The Morgan fingerprint density at radius 2 is 1.51 bits per heavy atom. The lowest BCUT2D eigenvalue weighted by atomic mass is 9.84. The third-order valence-electron chi connectivity index (χ3n) is 7.59. The molecule has 0 amide bonds. The van der Waals surface area contributed by atoms with Crippen molar-refractivity contribution in [3.63, 3.8) is 0 Å². The maximum absolute atomic E-state index is 13.6. The van der Waals surface area contributed by atoms with Crippen LogP contribution in [0.1, 0.15) is 45.0 Å². The number of para-hydroxylation sites is 1. The number of carbonyl (C=O) groups is 2. The van der Waals surface area contributed by atoms with Gasteiger partial charge in [0.05, 0.1) is 39.9 Å². The van der Waals surface area contributed by atoms with Gasteiger partial charge in [0.1, 0.15) is 23.0 Å². The molecule has 0 saturated heterocycles. The highest BCUT2D eigenvalue weighted by Crippen LogP contribution is 2.50. The molecule has 2 aliphatic rings. The van der Waals surface area contributed by atoms with Crippen LogP contribution in [-0.2, 0) is 11.2 Å². The van der Waals surface area contributed by atoms with Gasteiger partial charge in [-0.1, -0.05) is 48.5 Å². The predicted molar refractivity (Wildman–Crippen MR) is 160 cm³/mol. The molecular formula is C35H30O8. The first-order valence-electron chi connectivity index (χ1n) is 13.9. The van der Waals surface area contributed by atoms with Gasteiger partial charge in [-0.2, -0.15) is 0 Å². The number of allylic oxidation sites excluding steroid dienone is 1. The Hall–Kier alpha value is -5.24. The second kappa shape index (κ2) is 11.9. The maximum atomic E-state index is 13.6.